The first-order valence-corrected chi connectivity index (χ1v) is 8.12. The van der Waals surface area contributed by atoms with E-state index < -0.39 is 0 Å². The Morgan fingerprint density at radius 3 is 2.73 bits per heavy atom. The summed E-state index contributed by atoms with van der Waals surface area (Å²) in [4.78, 5) is 18.0. The number of hydrogen-bond donors (Lipinski definition) is 2. The Morgan fingerprint density at radius 2 is 2.14 bits per heavy atom. The van der Waals surface area contributed by atoms with E-state index in [2.05, 4.69) is 10.3 Å². The fourth-order valence-corrected chi connectivity index (χ4v) is 2.85. The molecule has 1 atom stereocenters. The van der Waals surface area contributed by atoms with Crippen LogP contribution in [0.2, 0.25) is 5.02 Å². The molecule has 0 unspecified atom stereocenters. The van der Waals surface area contributed by atoms with Gasteiger partial charge in [-0.1, -0.05) is 11.6 Å². The van der Waals surface area contributed by atoms with Crippen molar-refractivity contribution in [3.63, 3.8) is 0 Å². The van der Waals surface area contributed by atoms with Crippen molar-refractivity contribution >= 4 is 39.7 Å². The molecule has 0 radical (unpaired) electrons. The van der Waals surface area contributed by atoms with Crippen LogP contribution in [0.3, 0.4) is 0 Å². The predicted octanol–water partition coefficient (Wildman–Crippen LogP) is 2.95. The van der Waals surface area contributed by atoms with Crippen LogP contribution in [0.4, 0.5) is 10.8 Å². The smallest absolute Gasteiger partial charge is 0.230 e. The Morgan fingerprint density at radius 1 is 1.45 bits per heavy atom. The average Bonchev–Trinajstić information content (AvgIpc) is 2.95. The lowest BCUT2D eigenvalue weighted by Crippen LogP contribution is -2.28. The molecule has 7 heteroatoms. The number of nitrogens with one attached hydrogen (secondary N) is 1. The Kier molecular flexibility index (Phi) is 5.90. The normalized spacial score (nSPS) is 12.2. The van der Waals surface area contributed by atoms with Crippen LogP contribution in [-0.4, -0.2) is 28.6 Å². The molecule has 1 amide bonds. The summed E-state index contributed by atoms with van der Waals surface area (Å²) in [5.74, 6) is -0.111. The number of aromatic nitrogens is 1. The highest BCUT2D eigenvalue weighted by atomic mass is 35.5. The van der Waals surface area contributed by atoms with E-state index in [0.717, 1.165) is 11.4 Å². The van der Waals surface area contributed by atoms with E-state index in [9.17, 15) is 4.79 Å². The molecule has 0 aliphatic rings. The third-order valence-electron chi connectivity index (χ3n) is 3.04. The summed E-state index contributed by atoms with van der Waals surface area (Å²) in [5.41, 5.74) is 1.56. The zero-order valence-corrected chi connectivity index (χ0v) is 14.0. The maximum atomic E-state index is 12.0. The Labute approximate surface area is 138 Å². The average molecular weight is 340 g/mol. The standard InChI is InChI=1S/C15H18ClN3O2S/c1-10(8-20)17-7-13-9-22-15(18-13)19(11(2)21)14-5-3-12(16)4-6-14/h3-6,9-10,17,20H,7-8H2,1-2H3/t10-/m1/s1. The quantitative estimate of drug-likeness (QED) is 0.849. The molecule has 1 heterocycles. The van der Waals surface area contributed by atoms with Crippen LogP contribution in [0, 0.1) is 0 Å². The van der Waals surface area contributed by atoms with E-state index in [0.29, 0.717) is 16.7 Å². The van der Waals surface area contributed by atoms with Crippen LogP contribution >= 0.6 is 22.9 Å². The van der Waals surface area contributed by atoms with Crippen molar-refractivity contribution in [3.8, 4) is 0 Å². The van der Waals surface area contributed by atoms with Crippen molar-refractivity contribution in [2.45, 2.75) is 26.4 Å². The predicted molar refractivity (Wildman–Crippen MR) is 89.8 cm³/mol. The van der Waals surface area contributed by atoms with Crippen molar-refractivity contribution in [2.75, 3.05) is 11.5 Å². The molecule has 0 fully saturated rings. The van der Waals surface area contributed by atoms with E-state index in [4.69, 9.17) is 16.7 Å². The highest BCUT2D eigenvalue weighted by Crippen LogP contribution is 2.29. The van der Waals surface area contributed by atoms with Gasteiger partial charge in [-0.3, -0.25) is 9.69 Å². The minimum Gasteiger partial charge on any atom is -0.395 e. The minimum atomic E-state index is -0.111. The van der Waals surface area contributed by atoms with Crippen LogP contribution in [0.5, 0.6) is 0 Å². The molecule has 2 rings (SSSR count). The van der Waals surface area contributed by atoms with E-state index in [-0.39, 0.29) is 18.6 Å². The lowest BCUT2D eigenvalue weighted by atomic mass is 10.3. The van der Waals surface area contributed by atoms with Gasteiger partial charge in [0.05, 0.1) is 18.0 Å². The summed E-state index contributed by atoms with van der Waals surface area (Å²) in [6.07, 6.45) is 0. The Hall–Kier alpha value is -1.47. The van der Waals surface area contributed by atoms with Crippen molar-refractivity contribution in [3.05, 3.63) is 40.4 Å². The molecule has 0 bridgehead atoms. The van der Waals surface area contributed by atoms with Crippen molar-refractivity contribution in [1.82, 2.24) is 10.3 Å². The van der Waals surface area contributed by atoms with E-state index in [1.165, 1.54) is 18.3 Å². The van der Waals surface area contributed by atoms with E-state index in [1.807, 2.05) is 12.3 Å². The Bertz CT molecular complexity index is 630. The van der Waals surface area contributed by atoms with Gasteiger partial charge < -0.3 is 10.4 Å². The lowest BCUT2D eigenvalue weighted by Gasteiger charge is -2.18. The van der Waals surface area contributed by atoms with Gasteiger partial charge in [-0.15, -0.1) is 11.3 Å². The minimum absolute atomic E-state index is 0.00493. The molecule has 0 saturated carbocycles. The molecule has 5 nitrogen and oxygen atoms in total. The molecule has 2 N–H and O–H groups in total. The summed E-state index contributed by atoms with van der Waals surface area (Å²) in [7, 11) is 0. The first-order chi connectivity index (χ1) is 10.5. The summed E-state index contributed by atoms with van der Waals surface area (Å²) in [6, 6.07) is 7.07. The third-order valence-corrected chi connectivity index (χ3v) is 4.16. The molecule has 118 valence electrons. The lowest BCUT2D eigenvalue weighted by molar-refractivity contribution is -0.115. The topological polar surface area (TPSA) is 65.5 Å². The SMILES string of the molecule is CC(=O)N(c1ccc(Cl)cc1)c1nc(CN[C@H](C)CO)cs1. The summed E-state index contributed by atoms with van der Waals surface area (Å²) >= 11 is 7.29. The number of anilines is 2. The monoisotopic (exact) mass is 339 g/mol. The highest BCUT2D eigenvalue weighted by molar-refractivity contribution is 7.14. The first-order valence-electron chi connectivity index (χ1n) is 6.86. The molecule has 0 aliphatic carbocycles. The molecule has 1 aromatic carbocycles. The largest absolute Gasteiger partial charge is 0.395 e. The first kappa shape index (κ1) is 16.9. The molecule has 0 saturated heterocycles. The number of amides is 1. The molecule has 0 spiro atoms. The summed E-state index contributed by atoms with van der Waals surface area (Å²) in [6.45, 7) is 4.01. The number of carbonyl (C=O) groups is 1. The number of carbonyl (C=O) groups excluding carboxylic acids is 1. The number of thiazole rings is 1. The maximum absolute atomic E-state index is 12.0. The van der Waals surface area contributed by atoms with Gasteiger partial charge in [-0.05, 0) is 31.2 Å². The van der Waals surface area contributed by atoms with Crippen LogP contribution in [0.25, 0.3) is 0 Å². The molecular weight excluding hydrogens is 322 g/mol. The van der Waals surface area contributed by atoms with E-state index >= 15 is 0 Å². The van der Waals surface area contributed by atoms with Gasteiger partial charge in [0.1, 0.15) is 0 Å². The summed E-state index contributed by atoms with van der Waals surface area (Å²) < 4.78 is 0. The number of aliphatic hydroxyl groups is 1. The van der Waals surface area contributed by atoms with Gasteiger partial charge in [-0.2, -0.15) is 0 Å². The summed E-state index contributed by atoms with van der Waals surface area (Å²) in [5, 5.41) is 15.3. The van der Waals surface area contributed by atoms with Crippen molar-refractivity contribution < 1.29 is 9.90 Å². The molecule has 22 heavy (non-hydrogen) atoms. The molecule has 0 aliphatic heterocycles. The number of nitrogens with zero attached hydrogens (tertiary/aromatic N) is 2. The van der Waals surface area contributed by atoms with Gasteiger partial charge in [0.15, 0.2) is 5.13 Å². The zero-order chi connectivity index (χ0) is 16.1. The molecule has 2 aromatic rings. The Balaban J connectivity index is 2.18. The van der Waals surface area contributed by atoms with Crippen LogP contribution in [0.15, 0.2) is 29.6 Å². The fourth-order valence-electron chi connectivity index (χ4n) is 1.84. The number of halogens is 1. The van der Waals surface area contributed by atoms with Crippen molar-refractivity contribution in [1.29, 1.82) is 0 Å². The number of benzene rings is 1. The zero-order valence-electron chi connectivity index (χ0n) is 12.4. The van der Waals surface area contributed by atoms with Gasteiger partial charge in [0.2, 0.25) is 5.91 Å². The van der Waals surface area contributed by atoms with Crippen LogP contribution < -0.4 is 10.2 Å². The highest BCUT2D eigenvalue weighted by Gasteiger charge is 2.17. The third kappa shape index (κ3) is 4.27. The second-order valence-electron chi connectivity index (χ2n) is 4.92. The van der Waals surface area contributed by atoms with Crippen LogP contribution in [-0.2, 0) is 11.3 Å². The van der Waals surface area contributed by atoms with Gasteiger partial charge in [0, 0.05) is 29.9 Å². The molecule has 1 aromatic heterocycles. The second-order valence-corrected chi connectivity index (χ2v) is 6.19. The van der Waals surface area contributed by atoms with E-state index in [1.54, 1.807) is 29.2 Å². The maximum Gasteiger partial charge on any atom is 0.230 e. The van der Waals surface area contributed by atoms with Gasteiger partial charge in [0.25, 0.3) is 0 Å². The van der Waals surface area contributed by atoms with Gasteiger partial charge >= 0.3 is 0 Å². The number of aliphatic hydroxyl groups excluding tert-OH is 1. The molecular formula is C15H18ClN3O2S. The number of hydrogen-bond acceptors (Lipinski definition) is 5. The second kappa shape index (κ2) is 7.69. The fraction of sp³-hybridized carbons (Fsp3) is 0.333. The van der Waals surface area contributed by atoms with Gasteiger partial charge in [-0.25, -0.2) is 4.98 Å². The number of rotatable bonds is 6. The van der Waals surface area contributed by atoms with Crippen molar-refractivity contribution in [2.24, 2.45) is 0 Å². The van der Waals surface area contributed by atoms with Crippen LogP contribution in [0.1, 0.15) is 19.5 Å².